The molecule has 0 radical (unpaired) electrons. The average molecular weight is 303 g/mol. The molecule has 1 heteroatoms. The molecule has 4 rings (SSSR count). The van der Waals surface area contributed by atoms with Crippen molar-refractivity contribution in [1.29, 1.82) is 0 Å². The van der Waals surface area contributed by atoms with Crippen molar-refractivity contribution >= 4 is 5.78 Å². The Hall–Kier alpha value is -0.330. The Morgan fingerprint density at radius 3 is 2.50 bits per heavy atom. The summed E-state index contributed by atoms with van der Waals surface area (Å²) >= 11 is 0. The lowest BCUT2D eigenvalue weighted by atomic mass is 9.44. The third kappa shape index (κ3) is 2.06. The van der Waals surface area contributed by atoms with Crippen LogP contribution in [0.3, 0.4) is 0 Å². The summed E-state index contributed by atoms with van der Waals surface area (Å²) in [6.07, 6.45) is 14.0. The number of carbonyl (C=O) groups excluding carboxylic acids is 1. The number of rotatable bonds is 1. The Kier molecular flexibility index (Phi) is 3.51. The highest BCUT2D eigenvalue weighted by Gasteiger charge is 2.57. The predicted octanol–water partition coefficient (Wildman–Crippen LogP) is 5.62. The third-order valence-corrected chi connectivity index (χ3v) is 9.02. The first-order chi connectivity index (χ1) is 10.4. The minimum Gasteiger partial charge on any atom is -0.300 e. The Morgan fingerprint density at radius 1 is 0.909 bits per heavy atom. The molecule has 4 aliphatic rings. The van der Waals surface area contributed by atoms with Gasteiger partial charge in [0.1, 0.15) is 5.78 Å². The standard InChI is InChI=1S/C21H34O/c1-14(22)15-8-12-21(3)16(13-15)6-7-17-18-5-4-10-20(18,2)11-9-19(17)21/h15-19H,4-13H2,1-3H3/t15-,16+,17-,18-,19-,20-,21+/m1/s1. The van der Waals surface area contributed by atoms with Gasteiger partial charge in [-0.1, -0.05) is 20.3 Å². The lowest BCUT2D eigenvalue weighted by Gasteiger charge is -2.60. The molecule has 0 saturated heterocycles. The van der Waals surface area contributed by atoms with E-state index in [2.05, 4.69) is 13.8 Å². The van der Waals surface area contributed by atoms with Crippen molar-refractivity contribution in [2.45, 2.75) is 85.0 Å². The summed E-state index contributed by atoms with van der Waals surface area (Å²) in [5.74, 6) is 4.68. The molecule has 0 aliphatic heterocycles. The fourth-order valence-electron chi connectivity index (χ4n) is 7.62. The van der Waals surface area contributed by atoms with Gasteiger partial charge in [0, 0.05) is 5.92 Å². The number of fused-ring (bicyclic) bond motifs is 5. The van der Waals surface area contributed by atoms with E-state index in [9.17, 15) is 4.79 Å². The van der Waals surface area contributed by atoms with Crippen LogP contribution in [0.4, 0.5) is 0 Å². The smallest absolute Gasteiger partial charge is 0.132 e. The number of hydrogen-bond donors (Lipinski definition) is 0. The minimum atomic E-state index is 0.384. The monoisotopic (exact) mass is 302 g/mol. The molecule has 0 amide bonds. The second-order valence-electron chi connectivity index (χ2n) is 9.82. The van der Waals surface area contributed by atoms with E-state index in [1.807, 2.05) is 6.92 Å². The third-order valence-electron chi connectivity index (χ3n) is 9.02. The second-order valence-corrected chi connectivity index (χ2v) is 9.82. The van der Waals surface area contributed by atoms with E-state index in [0.29, 0.717) is 22.5 Å². The molecule has 4 aliphatic carbocycles. The maximum atomic E-state index is 11.9. The fourth-order valence-corrected chi connectivity index (χ4v) is 7.62. The number of Topliss-reactive ketones (excluding diaryl/α,β-unsaturated/α-hetero) is 1. The van der Waals surface area contributed by atoms with Crippen LogP contribution in [0.25, 0.3) is 0 Å². The van der Waals surface area contributed by atoms with Gasteiger partial charge in [0.05, 0.1) is 0 Å². The molecule has 7 atom stereocenters. The van der Waals surface area contributed by atoms with Gasteiger partial charge in [0.2, 0.25) is 0 Å². The highest BCUT2D eigenvalue weighted by Crippen LogP contribution is 2.66. The van der Waals surface area contributed by atoms with Crippen molar-refractivity contribution in [3.05, 3.63) is 0 Å². The molecular formula is C21H34O. The van der Waals surface area contributed by atoms with E-state index in [1.54, 1.807) is 0 Å². The Balaban J connectivity index is 1.58. The van der Waals surface area contributed by atoms with Crippen LogP contribution in [-0.2, 0) is 4.79 Å². The van der Waals surface area contributed by atoms with Crippen LogP contribution >= 0.6 is 0 Å². The van der Waals surface area contributed by atoms with Crippen LogP contribution in [0, 0.1) is 40.4 Å². The van der Waals surface area contributed by atoms with Gasteiger partial charge in [0.15, 0.2) is 0 Å². The molecule has 22 heavy (non-hydrogen) atoms. The van der Waals surface area contributed by atoms with E-state index in [0.717, 1.165) is 23.7 Å². The number of hydrogen-bond acceptors (Lipinski definition) is 1. The van der Waals surface area contributed by atoms with Gasteiger partial charge >= 0.3 is 0 Å². The molecule has 0 aromatic heterocycles. The first-order valence-corrected chi connectivity index (χ1v) is 9.94. The van der Waals surface area contributed by atoms with Gasteiger partial charge in [0.25, 0.3) is 0 Å². The summed E-state index contributed by atoms with van der Waals surface area (Å²) in [6.45, 7) is 7.04. The summed E-state index contributed by atoms with van der Waals surface area (Å²) in [5, 5.41) is 0. The second kappa shape index (κ2) is 5.08. The zero-order valence-corrected chi connectivity index (χ0v) is 14.9. The van der Waals surface area contributed by atoms with E-state index >= 15 is 0 Å². The first-order valence-electron chi connectivity index (χ1n) is 9.94. The summed E-state index contributed by atoms with van der Waals surface area (Å²) in [7, 11) is 0. The van der Waals surface area contributed by atoms with Crippen molar-refractivity contribution < 1.29 is 4.79 Å². The van der Waals surface area contributed by atoms with Crippen molar-refractivity contribution in [3.8, 4) is 0 Å². The Labute approximate surface area is 136 Å². The van der Waals surface area contributed by atoms with E-state index < -0.39 is 0 Å². The van der Waals surface area contributed by atoms with Crippen LogP contribution in [0.2, 0.25) is 0 Å². The van der Waals surface area contributed by atoms with Gasteiger partial charge in [-0.05, 0) is 99.2 Å². The Bertz CT molecular complexity index is 469. The molecule has 0 bridgehead atoms. The maximum Gasteiger partial charge on any atom is 0.132 e. The van der Waals surface area contributed by atoms with E-state index in [-0.39, 0.29) is 0 Å². The molecule has 0 N–H and O–H groups in total. The van der Waals surface area contributed by atoms with Crippen LogP contribution in [0.15, 0.2) is 0 Å². The molecule has 0 heterocycles. The quantitative estimate of drug-likeness (QED) is 0.614. The van der Waals surface area contributed by atoms with Crippen LogP contribution in [0.1, 0.15) is 85.0 Å². The molecule has 4 fully saturated rings. The average Bonchev–Trinajstić information content (AvgIpc) is 2.88. The van der Waals surface area contributed by atoms with Crippen LogP contribution in [0.5, 0.6) is 0 Å². The van der Waals surface area contributed by atoms with Gasteiger partial charge in [-0.25, -0.2) is 0 Å². The van der Waals surface area contributed by atoms with Crippen molar-refractivity contribution in [2.75, 3.05) is 0 Å². The highest BCUT2D eigenvalue weighted by molar-refractivity contribution is 5.78. The van der Waals surface area contributed by atoms with Gasteiger partial charge < -0.3 is 0 Å². The lowest BCUT2D eigenvalue weighted by Crippen LogP contribution is -2.53. The fraction of sp³-hybridized carbons (Fsp3) is 0.952. The van der Waals surface area contributed by atoms with Crippen LogP contribution < -0.4 is 0 Å². The molecular weight excluding hydrogens is 268 g/mol. The SMILES string of the molecule is CC(=O)[C@@H]1CC[C@@]2(C)[C@@H](CC[C@@H]3[C@H]4CCC[C@]4(C)CC[C@H]32)C1. The maximum absolute atomic E-state index is 11.9. The Morgan fingerprint density at radius 2 is 1.73 bits per heavy atom. The normalized spacial score (nSPS) is 54.2. The molecule has 1 nitrogen and oxygen atoms in total. The highest BCUT2D eigenvalue weighted by atomic mass is 16.1. The van der Waals surface area contributed by atoms with Crippen LogP contribution in [-0.4, -0.2) is 5.78 Å². The lowest BCUT2D eigenvalue weighted by molar-refractivity contribution is -0.133. The summed E-state index contributed by atoms with van der Waals surface area (Å²) < 4.78 is 0. The van der Waals surface area contributed by atoms with Crippen molar-refractivity contribution in [2.24, 2.45) is 40.4 Å². The molecule has 0 spiro atoms. The molecule has 0 unspecified atom stereocenters. The number of ketones is 1. The van der Waals surface area contributed by atoms with Gasteiger partial charge in [-0.3, -0.25) is 4.79 Å². The predicted molar refractivity (Wildman–Crippen MR) is 90.5 cm³/mol. The van der Waals surface area contributed by atoms with E-state index in [4.69, 9.17) is 0 Å². The summed E-state index contributed by atoms with van der Waals surface area (Å²) in [6, 6.07) is 0. The van der Waals surface area contributed by atoms with Crippen molar-refractivity contribution in [1.82, 2.24) is 0 Å². The zero-order valence-electron chi connectivity index (χ0n) is 14.9. The van der Waals surface area contributed by atoms with Gasteiger partial charge in [-0.15, -0.1) is 0 Å². The zero-order chi connectivity index (χ0) is 15.5. The number of carbonyl (C=O) groups is 1. The minimum absolute atomic E-state index is 0.384. The molecule has 4 saturated carbocycles. The largest absolute Gasteiger partial charge is 0.300 e. The molecule has 0 aromatic carbocycles. The van der Waals surface area contributed by atoms with Crippen molar-refractivity contribution in [3.63, 3.8) is 0 Å². The summed E-state index contributed by atoms with van der Waals surface area (Å²) in [5.41, 5.74) is 1.24. The van der Waals surface area contributed by atoms with Gasteiger partial charge in [-0.2, -0.15) is 0 Å². The topological polar surface area (TPSA) is 17.1 Å². The first kappa shape index (κ1) is 15.2. The molecule has 124 valence electrons. The summed E-state index contributed by atoms with van der Waals surface area (Å²) in [4.78, 5) is 11.9. The molecule has 0 aromatic rings. The van der Waals surface area contributed by atoms with E-state index in [1.165, 1.54) is 64.2 Å².